The lowest BCUT2D eigenvalue weighted by Crippen LogP contribution is -2.37. The van der Waals surface area contributed by atoms with E-state index in [9.17, 15) is 0 Å². The standard InChI is InChI=1S/C16H29N3/c1-5-17-16(14-7-6-13(4)10-14)11-15-8-9-19(18-15)12(2)3/h8-9,12-14,16-17H,5-7,10-11H2,1-4H3. The molecule has 0 amide bonds. The highest BCUT2D eigenvalue weighted by atomic mass is 15.3. The average molecular weight is 263 g/mol. The fraction of sp³-hybridized carbons (Fsp3) is 0.812. The molecule has 1 aromatic rings. The maximum Gasteiger partial charge on any atom is 0.0640 e. The Morgan fingerprint density at radius 3 is 2.74 bits per heavy atom. The molecule has 19 heavy (non-hydrogen) atoms. The summed E-state index contributed by atoms with van der Waals surface area (Å²) in [6, 6.07) is 3.24. The van der Waals surface area contributed by atoms with Crippen LogP contribution in [0.2, 0.25) is 0 Å². The van der Waals surface area contributed by atoms with Crippen LogP contribution < -0.4 is 5.32 Å². The summed E-state index contributed by atoms with van der Waals surface area (Å²) in [5, 5.41) is 8.38. The SMILES string of the molecule is CCNC(Cc1ccn(C(C)C)n1)C1CCC(C)C1. The molecule has 1 aromatic heterocycles. The molecular weight excluding hydrogens is 234 g/mol. The van der Waals surface area contributed by atoms with Crippen LogP contribution in [0.5, 0.6) is 0 Å². The summed E-state index contributed by atoms with van der Waals surface area (Å²) in [5.41, 5.74) is 1.24. The van der Waals surface area contributed by atoms with Crippen molar-refractivity contribution in [3.63, 3.8) is 0 Å². The van der Waals surface area contributed by atoms with Crippen molar-refractivity contribution >= 4 is 0 Å². The van der Waals surface area contributed by atoms with E-state index >= 15 is 0 Å². The molecule has 1 N–H and O–H groups in total. The molecule has 1 aliphatic carbocycles. The number of hydrogen-bond acceptors (Lipinski definition) is 2. The van der Waals surface area contributed by atoms with Gasteiger partial charge in [0.15, 0.2) is 0 Å². The molecule has 0 aromatic carbocycles. The summed E-state index contributed by atoms with van der Waals surface area (Å²) >= 11 is 0. The molecule has 0 radical (unpaired) electrons. The smallest absolute Gasteiger partial charge is 0.0640 e. The number of likely N-dealkylation sites (N-methyl/N-ethyl adjacent to an activating group) is 1. The highest BCUT2D eigenvalue weighted by Gasteiger charge is 2.28. The first-order chi connectivity index (χ1) is 9.10. The number of nitrogens with one attached hydrogen (secondary N) is 1. The summed E-state index contributed by atoms with van der Waals surface area (Å²) in [5.74, 6) is 1.73. The van der Waals surface area contributed by atoms with Gasteiger partial charge in [0.2, 0.25) is 0 Å². The topological polar surface area (TPSA) is 29.9 Å². The average Bonchev–Trinajstić information content (AvgIpc) is 2.97. The highest BCUT2D eigenvalue weighted by molar-refractivity contribution is 5.03. The normalized spacial score (nSPS) is 25.1. The van der Waals surface area contributed by atoms with E-state index in [-0.39, 0.29) is 0 Å². The van der Waals surface area contributed by atoms with Crippen LogP contribution in [0.15, 0.2) is 12.3 Å². The first kappa shape index (κ1) is 14.6. The van der Waals surface area contributed by atoms with Gasteiger partial charge in [0.25, 0.3) is 0 Å². The molecule has 3 unspecified atom stereocenters. The fourth-order valence-electron chi connectivity index (χ4n) is 3.28. The predicted octanol–water partition coefficient (Wildman–Crippen LogP) is 3.42. The highest BCUT2D eigenvalue weighted by Crippen LogP contribution is 2.33. The molecular formula is C16H29N3. The first-order valence-corrected chi connectivity index (χ1v) is 7.87. The van der Waals surface area contributed by atoms with Crippen molar-refractivity contribution in [2.75, 3.05) is 6.54 Å². The second-order valence-corrected chi connectivity index (χ2v) is 6.43. The zero-order valence-electron chi connectivity index (χ0n) is 12.9. The van der Waals surface area contributed by atoms with Gasteiger partial charge in [-0.15, -0.1) is 0 Å². The van der Waals surface area contributed by atoms with Gasteiger partial charge in [0.05, 0.1) is 5.69 Å². The molecule has 1 saturated carbocycles. The van der Waals surface area contributed by atoms with Crippen LogP contribution in [0, 0.1) is 11.8 Å². The second-order valence-electron chi connectivity index (χ2n) is 6.43. The summed E-state index contributed by atoms with van der Waals surface area (Å²) in [6.07, 6.45) is 7.34. The quantitative estimate of drug-likeness (QED) is 0.852. The lowest BCUT2D eigenvalue weighted by atomic mass is 9.93. The predicted molar refractivity (Wildman–Crippen MR) is 80.3 cm³/mol. The van der Waals surface area contributed by atoms with E-state index in [0.717, 1.165) is 24.8 Å². The van der Waals surface area contributed by atoms with Crippen molar-refractivity contribution in [3.05, 3.63) is 18.0 Å². The van der Waals surface area contributed by atoms with E-state index in [1.54, 1.807) is 0 Å². The third-order valence-corrected chi connectivity index (χ3v) is 4.39. The van der Waals surface area contributed by atoms with Crippen molar-refractivity contribution in [3.8, 4) is 0 Å². The summed E-state index contributed by atoms with van der Waals surface area (Å²) in [4.78, 5) is 0. The molecule has 108 valence electrons. The molecule has 3 atom stereocenters. The van der Waals surface area contributed by atoms with Gasteiger partial charge in [-0.3, -0.25) is 4.68 Å². The molecule has 2 rings (SSSR count). The largest absolute Gasteiger partial charge is 0.314 e. The maximum absolute atomic E-state index is 4.70. The maximum atomic E-state index is 4.70. The minimum atomic E-state index is 0.456. The van der Waals surface area contributed by atoms with Crippen LogP contribution in [0.4, 0.5) is 0 Å². The molecule has 3 nitrogen and oxygen atoms in total. The van der Waals surface area contributed by atoms with Crippen LogP contribution in [-0.4, -0.2) is 22.4 Å². The minimum absolute atomic E-state index is 0.456. The Kier molecular flexibility index (Phi) is 5.03. The summed E-state index contributed by atoms with van der Waals surface area (Å²) < 4.78 is 2.07. The van der Waals surface area contributed by atoms with E-state index in [1.165, 1.54) is 25.0 Å². The molecule has 0 bridgehead atoms. The van der Waals surface area contributed by atoms with E-state index < -0.39 is 0 Å². The number of hydrogen-bond donors (Lipinski definition) is 1. The Morgan fingerprint density at radius 1 is 1.42 bits per heavy atom. The molecule has 0 saturated heterocycles. The van der Waals surface area contributed by atoms with Crippen LogP contribution >= 0.6 is 0 Å². The van der Waals surface area contributed by atoms with Crippen molar-refractivity contribution in [2.45, 2.75) is 65.5 Å². The van der Waals surface area contributed by atoms with Gasteiger partial charge in [-0.25, -0.2) is 0 Å². The van der Waals surface area contributed by atoms with Gasteiger partial charge in [0.1, 0.15) is 0 Å². The summed E-state index contributed by atoms with van der Waals surface area (Å²) in [6.45, 7) is 10.0. The van der Waals surface area contributed by atoms with E-state index in [2.05, 4.69) is 50.0 Å². The van der Waals surface area contributed by atoms with Crippen molar-refractivity contribution in [1.82, 2.24) is 15.1 Å². The van der Waals surface area contributed by atoms with Crippen LogP contribution in [0.1, 0.15) is 58.7 Å². The number of aromatic nitrogens is 2. The van der Waals surface area contributed by atoms with Gasteiger partial charge < -0.3 is 5.32 Å². The third-order valence-electron chi connectivity index (χ3n) is 4.39. The minimum Gasteiger partial charge on any atom is -0.314 e. The van der Waals surface area contributed by atoms with Crippen molar-refractivity contribution < 1.29 is 0 Å². The Morgan fingerprint density at radius 2 is 2.21 bits per heavy atom. The third kappa shape index (κ3) is 3.82. The second kappa shape index (κ2) is 6.56. The Hall–Kier alpha value is -0.830. The van der Waals surface area contributed by atoms with Gasteiger partial charge >= 0.3 is 0 Å². The van der Waals surface area contributed by atoms with Gasteiger partial charge in [-0.1, -0.05) is 20.3 Å². The Bertz CT molecular complexity index is 383. The molecule has 0 aliphatic heterocycles. The van der Waals surface area contributed by atoms with E-state index in [1.807, 2.05) is 0 Å². The van der Waals surface area contributed by atoms with Gasteiger partial charge in [-0.2, -0.15) is 5.10 Å². The van der Waals surface area contributed by atoms with Crippen LogP contribution in [0.3, 0.4) is 0 Å². The van der Waals surface area contributed by atoms with Gasteiger partial charge in [0, 0.05) is 24.7 Å². The monoisotopic (exact) mass is 263 g/mol. The lowest BCUT2D eigenvalue weighted by Gasteiger charge is -2.23. The van der Waals surface area contributed by atoms with E-state index in [4.69, 9.17) is 5.10 Å². The lowest BCUT2D eigenvalue weighted by molar-refractivity contribution is 0.350. The van der Waals surface area contributed by atoms with Crippen LogP contribution in [-0.2, 0) is 6.42 Å². The zero-order chi connectivity index (χ0) is 13.8. The van der Waals surface area contributed by atoms with Crippen molar-refractivity contribution in [1.29, 1.82) is 0 Å². The summed E-state index contributed by atoms with van der Waals surface area (Å²) in [7, 11) is 0. The Labute approximate surface area is 117 Å². The van der Waals surface area contributed by atoms with E-state index in [0.29, 0.717) is 12.1 Å². The first-order valence-electron chi connectivity index (χ1n) is 7.87. The van der Waals surface area contributed by atoms with Crippen LogP contribution in [0.25, 0.3) is 0 Å². The molecule has 3 heteroatoms. The molecule has 0 spiro atoms. The number of nitrogens with zero attached hydrogens (tertiary/aromatic N) is 2. The number of rotatable bonds is 6. The Balaban J connectivity index is 1.99. The fourth-order valence-corrected chi connectivity index (χ4v) is 3.28. The molecule has 1 aliphatic rings. The molecule has 1 heterocycles. The zero-order valence-corrected chi connectivity index (χ0v) is 12.9. The van der Waals surface area contributed by atoms with Gasteiger partial charge in [-0.05, 0) is 51.1 Å². The van der Waals surface area contributed by atoms with Crippen molar-refractivity contribution in [2.24, 2.45) is 11.8 Å². The molecule has 1 fully saturated rings.